The maximum Gasteiger partial charge on any atom is 0.321 e. The molecule has 3 N–H and O–H groups in total. The highest BCUT2D eigenvalue weighted by atomic mass is 16.2. The number of hydrogen-bond acceptors (Lipinski definition) is 3. The molecule has 2 saturated heterocycles. The molecule has 2 rings (SSSR count). The lowest BCUT2D eigenvalue weighted by Crippen LogP contribution is -2.67. The Bertz CT molecular complexity index is 229. The van der Waals surface area contributed by atoms with Crippen LogP contribution in [-0.2, 0) is 4.79 Å². The summed E-state index contributed by atoms with van der Waals surface area (Å²) in [6.07, 6.45) is 1.89. The van der Waals surface area contributed by atoms with Crippen LogP contribution in [-0.4, -0.2) is 30.6 Å². The third-order valence-electron chi connectivity index (χ3n) is 2.29. The van der Waals surface area contributed by atoms with Gasteiger partial charge in [0.2, 0.25) is 5.91 Å². The van der Waals surface area contributed by atoms with E-state index in [0.717, 1.165) is 19.4 Å². The first-order chi connectivity index (χ1) is 5.77. The van der Waals surface area contributed by atoms with Gasteiger partial charge in [0.1, 0.15) is 6.04 Å². The van der Waals surface area contributed by atoms with E-state index in [1.807, 2.05) is 0 Å². The predicted octanol–water partition coefficient (Wildman–Crippen LogP) is -1.05. The number of hydrogen-bond donors (Lipinski definition) is 3. The number of imide groups is 1. The van der Waals surface area contributed by atoms with Crippen molar-refractivity contribution in [3.8, 4) is 0 Å². The van der Waals surface area contributed by atoms with Crippen LogP contribution in [0.3, 0.4) is 0 Å². The Kier molecular flexibility index (Phi) is 1.73. The molecule has 12 heavy (non-hydrogen) atoms. The molecule has 0 aromatic rings. The Morgan fingerprint density at radius 1 is 1.33 bits per heavy atom. The normalized spacial score (nSPS) is 35.0. The van der Waals surface area contributed by atoms with E-state index < -0.39 is 0 Å². The lowest BCUT2D eigenvalue weighted by Gasteiger charge is -2.35. The Balaban J connectivity index is 2.11. The highest BCUT2D eigenvalue weighted by Gasteiger charge is 2.36. The molecule has 0 spiro atoms. The van der Waals surface area contributed by atoms with E-state index in [9.17, 15) is 9.59 Å². The van der Waals surface area contributed by atoms with E-state index in [4.69, 9.17) is 0 Å². The zero-order valence-electron chi connectivity index (χ0n) is 6.59. The molecule has 2 unspecified atom stereocenters. The van der Waals surface area contributed by atoms with E-state index in [2.05, 4.69) is 16.0 Å². The molecule has 3 amide bonds. The van der Waals surface area contributed by atoms with Crippen LogP contribution in [0, 0.1) is 0 Å². The number of nitrogens with one attached hydrogen (secondary N) is 3. The number of carbonyl (C=O) groups is 2. The van der Waals surface area contributed by atoms with Gasteiger partial charge in [-0.05, 0) is 19.4 Å². The van der Waals surface area contributed by atoms with Crippen molar-refractivity contribution in [2.75, 3.05) is 6.54 Å². The van der Waals surface area contributed by atoms with Gasteiger partial charge in [0, 0.05) is 0 Å². The van der Waals surface area contributed by atoms with Crippen molar-refractivity contribution in [3.05, 3.63) is 0 Å². The lowest BCUT2D eigenvalue weighted by atomic mass is 9.96. The molecule has 66 valence electrons. The van der Waals surface area contributed by atoms with E-state index in [1.54, 1.807) is 0 Å². The maximum atomic E-state index is 11.2. The third-order valence-corrected chi connectivity index (χ3v) is 2.29. The van der Waals surface area contributed by atoms with Crippen molar-refractivity contribution in [2.45, 2.75) is 24.9 Å². The second-order valence-electron chi connectivity index (χ2n) is 3.14. The predicted molar refractivity (Wildman–Crippen MR) is 41.5 cm³/mol. The van der Waals surface area contributed by atoms with Crippen molar-refractivity contribution >= 4 is 11.9 Å². The van der Waals surface area contributed by atoms with Gasteiger partial charge >= 0.3 is 6.03 Å². The average molecular weight is 169 g/mol. The van der Waals surface area contributed by atoms with E-state index in [0.29, 0.717) is 0 Å². The average Bonchev–Trinajstić information content (AvgIpc) is 2.04. The summed E-state index contributed by atoms with van der Waals surface area (Å²) in [5.74, 6) is -0.205. The molecule has 2 aliphatic heterocycles. The van der Waals surface area contributed by atoms with Crippen LogP contribution in [0.5, 0.6) is 0 Å². The molecular weight excluding hydrogens is 158 g/mol. The highest BCUT2D eigenvalue weighted by Crippen LogP contribution is 2.11. The summed E-state index contributed by atoms with van der Waals surface area (Å²) in [7, 11) is 0. The van der Waals surface area contributed by atoms with Gasteiger partial charge in [-0.25, -0.2) is 4.79 Å². The fourth-order valence-electron chi connectivity index (χ4n) is 1.71. The van der Waals surface area contributed by atoms with Gasteiger partial charge in [0.25, 0.3) is 0 Å². The molecule has 0 saturated carbocycles. The summed E-state index contributed by atoms with van der Waals surface area (Å²) >= 11 is 0. The second-order valence-corrected chi connectivity index (χ2v) is 3.14. The molecule has 2 aliphatic rings. The molecule has 5 heteroatoms. The van der Waals surface area contributed by atoms with Crippen molar-refractivity contribution in [3.63, 3.8) is 0 Å². The number of urea groups is 1. The Morgan fingerprint density at radius 2 is 2.17 bits per heavy atom. The first-order valence-electron chi connectivity index (χ1n) is 4.12. The quantitative estimate of drug-likeness (QED) is 0.433. The summed E-state index contributed by atoms with van der Waals surface area (Å²) < 4.78 is 0. The zero-order valence-corrected chi connectivity index (χ0v) is 6.59. The number of carbonyl (C=O) groups excluding carboxylic acids is 2. The van der Waals surface area contributed by atoms with Crippen LogP contribution in [0.4, 0.5) is 4.79 Å². The molecule has 0 bridgehead atoms. The van der Waals surface area contributed by atoms with Gasteiger partial charge in [0.05, 0.1) is 6.04 Å². The molecule has 0 aromatic carbocycles. The largest absolute Gasteiger partial charge is 0.333 e. The van der Waals surface area contributed by atoms with E-state index >= 15 is 0 Å². The number of amides is 3. The first kappa shape index (κ1) is 7.54. The molecule has 2 heterocycles. The second kappa shape index (κ2) is 2.75. The van der Waals surface area contributed by atoms with Crippen molar-refractivity contribution < 1.29 is 9.59 Å². The molecule has 2 fully saturated rings. The van der Waals surface area contributed by atoms with Gasteiger partial charge in [0.15, 0.2) is 0 Å². The fourth-order valence-corrected chi connectivity index (χ4v) is 1.71. The van der Waals surface area contributed by atoms with Crippen LogP contribution < -0.4 is 16.0 Å². The zero-order chi connectivity index (χ0) is 8.55. The molecular formula is C7H11N3O2. The van der Waals surface area contributed by atoms with Gasteiger partial charge in [-0.15, -0.1) is 0 Å². The Morgan fingerprint density at radius 3 is 3.00 bits per heavy atom. The first-order valence-corrected chi connectivity index (χ1v) is 4.12. The summed E-state index contributed by atoms with van der Waals surface area (Å²) in [5, 5.41) is 8.01. The summed E-state index contributed by atoms with van der Waals surface area (Å²) in [6.45, 7) is 0.852. The van der Waals surface area contributed by atoms with Crippen molar-refractivity contribution in [1.29, 1.82) is 0 Å². The van der Waals surface area contributed by atoms with E-state index in [-0.39, 0.29) is 24.0 Å². The van der Waals surface area contributed by atoms with Gasteiger partial charge < -0.3 is 10.6 Å². The van der Waals surface area contributed by atoms with Gasteiger partial charge in [-0.3, -0.25) is 10.1 Å². The number of piperidine rings is 1. The van der Waals surface area contributed by atoms with E-state index in [1.165, 1.54) is 0 Å². The van der Waals surface area contributed by atoms with Crippen LogP contribution >= 0.6 is 0 Å². The minimum absolute atomic E-state index is 0.0139. The Labute approximate surface area is 69.9 Å². The van der Waals surface area contributed by atoms with Crippen molar-refractivity contribution in [1.82, 2.24) is 16.0 Å². The summed E-state index contributed by atoms with van der Waals surface area (Å²) in [4.78, 5) is 22.1. The van der Waals surface area contributed by atoms with Crippen LogP contribution in [0.15, 0.2) is 0 Å². The lowest BCUT2D eigenvalue weighted by molar-refractivity contribution is -0.124. The van der Waals surface area contributed by atoms with Crippen molar-refractivity contribution in [2.24, 2.45) is 0 Å². The van der Waals surface area contributed by atoms with Crippen LogP contribution in [0.25, 0.3) is 0 Å². The third kappa shape index (κ3) is 1.16. The van der Waals surface area contributed by atoms with Crippen LogP contribution in [0.1, 0.15) is 12.8 Å². The molecule has 0 radical (unpaired) electrons. The molecule has 0 aliphatic carbocycles. The monoisotopic (exact) mass is 169 g/mol. The Hall–Kier alpha value is -1.10. The van der Waals surface area contributed by atoms with Gasteiger partial charge in [-0.1, -0.05) is 0 Å². The number of fused-ring (bicyclic) bond motifs is 1. The highest BCUT2D eigenvalue weighted by molar-refractivity contribution is 6.00. The maximum absolute atomic E-state index is 11.2. The fraction of sp³-hybridized carbons (Fsp3) is 0.714. The minimum Gasteiger partial charge on any atom is -0.333 e. The standard InChI is InChI=1S/C7H11N3O2/c11-6-5-4(2-1-3-8-5)9-7(12)10-6/h4-5,8H,1-3H2,(H2,9,10,11,12). The minimum atomic E-state index is -0.370. The molecule has 2 atom stereocenters. The SMILES string of the molecule is O=C1NC(=O)C2NCCCC2N1. The number of rotatable bonds is 0. The smallest absolute Gasteiger partial charge is 0.321 e. The van der Waals surface area contributed by atoms with Crippen LogP contribution in [0.2, 0.25) is 0 Å². The van der Waals surface area contributed by atoms with Gasteiger partial charge in [-0.2, -0.15) is 0 Å². The summed E-state index contributed by atoms with van der Waals surface area (Å²) in [6, 6.07) is -0.610. The topological polar surface area (TPSA) is 70.2 Å². The molecule has 5 nitrogen and oxygen atoms in total. The molecule has 0 aromatic heterocycles. The summed E-state index contributed by atoms with van der Waals surface area (Å²) in [5.41, 5.74) is 0.